The topological polar surface area (TPSA) is 0 Å². The summed E-state index contributed by atoms with van der Waals surface area (Å²) in [7, 11) is 0. The maximum Gasteiger partial charge on any atom is 0.0199 e. The van der Waals surface area contributed by atoms with Crippen LogP contribution in [0.25, 0.3) is 5.57 Å². The molecule has 0 heterocycles. The van der Waals surface area contributed by atoms with E-state index >= 15 is 0 Å². The maximum atomic E-state index is 2.35. The SMILES string of the molecule is Cc1ccc2c(c1)C1=CC=CC3=CC=CC2C31. The summed E-state index contributed by atoms with van der Waals surface area (Å²) in [6.45, 7) is 2.17. The van der Waals surface area contributed by atoms with Crippen LogP contribution in [-0.4, -0.2) is 0 Å². The average molecular weight is 218 g/mol. The van der Waals surface area contributed by atoms with Crippen LogP contribution in [0.4, 0.5) is 0 Å². The Labute approximate surface area is 102 Å². The molecule has 0 radical (unpaired) electrons. The smallest absolute Gasteiger partial charge is 0.0199 e. The van der Waals surface area contributed by atoms with E-state index in [2.05, 4.69) is 61.6 Å². The zero-order valence-electron chi connectivity index (χ0n) is 9.85. The average Bonchev–Trinajstić information content (AvgIpc) is 2.67. The standard InChI is InChI=1S/C17H14/c1-11-8-9-13-14-6-2-4-12-5-3-7-15(17(12)14)16(13)10-11/h2-10,14,17H,1H3. The van der Waals surface area contributed by atoms with E-state index in [0.717, 1.165) is 0 Å². The first-order chi connectivity index (χ1) is 8.34. The monoisotopic (exact) mass is 218 g/mol. The lowest BCUT2D eigenvalue weighted by molar-refractivity contribution is 0.721. The molecular weight excluding hydrogens is 204 g/mol. The number of rotatable bonds is 0. The van der Waals surface area contributed by atoms with Gasteiger partial charge >= 0.3 is 0 Å². The Morgan fingerprint density at radius 3 is 2.94 bits per heavy atom. The number of hydrogen-bond donors (Lipinski definition) is 0. The van der Waals surface area contributed by atoms with E-state index < -0.39 is 0 Å². The molecule has 0 nitrogen and oxygen atoms in total. The third kappa shape index (κ3) is 1.13. The molecule has 3 aliphatic rings. The molecule has 0 aromatic heterocycles. The predicted octanol–water partition coefficient (Wildman–Crippen LogP) is 4.16. The summed E-state index contributed by atoms with van der Waals surface area (Å²) >= 11 is 0. The predicted molar refractivity (Wildman–Crippen MR) is 71.8 cm³/mol. The van der Waals surface area contributed by atoms with Gasteiger partial charge in [0.25, 0.3) is 0 Å². The summed E-state index contributed by atoms with van der Waals surface area (Å²) in [6, 6.07) is 6.88. The van der Waals surface area contributed by atoms with Gasteiger partial charge in [-0.05, 0) is 29.2 Å². The summed E-state index contributed by atoms with van der Waals surface area (Å²) in [5, 5.41) is 0. The minimum atomic E-state index is 0.557. The van der Waals surface area contributed by atoms with E-state index in [0.29, 0.717) is 11.8 Å². The van der Waals surface area contributed by atoms with Crippen molar-refractivity contribution in [3.63, 3.8) is 0 Å². The van der Waals surface area contributed by atoms with Crippen LogP contribution >= 0.6 is 0 Å². The van der Waals surface area contributed by atoms with Gasteiger partial charge in [-0.1, -0.05) is 60.2 Å². The lowest BCUT2D eigenvalue weighted by Gasteiger charge is -2.24. The van der Waals surface area contributed by atoms with E-state index in [9.17, 15) is 0 Å². The highest BCUT2D eigenvalue weighted by Gasteiger charge is 2.38. The van der Waals surface area contributed by atoms with Gasteiger partial charge in [-0.3, -0.25) is 0 Å². The second-order valence-corrected chi connectivity index (χ2v) is 5.13. The second kappa shape index (κ2) is 3.10. The Morgan fingerprint density at radius 1 is 1.06 bits per heavy atom. The van der Waals surface area contributed by atoms with Crippen molar-refractivity contribution >= 4 is 5.57 Å². The third-order valence-electron chi connectivity index (χ3n) is 4.10. The molecule has 0 amide bonds. The van der Waals surface area contributed by atoms with Crippen LogP contribution in [0.2, 0.25) is 0 Å². The zero-order chi connectivity index (χ0) is 11.4. The first-order valence-electron chi connectivity index (χ1n) is 6.22. The molecule has 0 bridgehead atoms. The summed E-state index contributed by atoms with van der Waals surface area (Å²) in [4.78, 5) is 0. The van der Waals surface area contributed by atoms with Gasteiger partial charge in [0.2, 0.25) is 0 Å². The minimum absolute atomic E-state index is 0.557. The third-order valence-corrected chi connectivity index (χ3v) is 4.10. The van der Waals surface area contributed by atoms with Gasteiger partial charge < -0.3 is 0 Å². The molecule has 1 aromatic rings. The zero-order valence-corrected chi connectivity index (χ0v) is 9.85. The molecule has 2 atom stereocenters. The van der Waals surface area contributed by atoms with E-state index in [-0.39, 0.29) is 0 Å². The number of benzene rings is 1. The molecule has 82 valence electrons. The van der Waals surface area contributed by atoms with Crippen LogP contribution in [-0.2, 0) is 0 Å². The van der Waals surface area contributed by atoms with Gasteiger partial charge in [0.15, 0.2) is 0 Å². The van der Waals surface area contributed by atoms with E-state index in [1.54, 1.807) is 0 Å². The van der Waals surface area contributed by atoms with Gasteiger partial charge in [-0.15, -0.1) is 0 Å². The summed E-state index contributed by atoms with van der Waals surface area (Å²) in [6.07, 6.45) is 13.5. The largest absolute Gasteiger partial charge is 0.0760 e. The fraction of sp³-hybridized carbons (Fsp3) is 0.176. The maximum absolute atomic E-state index is 2.35. The molecule has 2 unspecified atom stereocenters. The highest BCUT2D eigenvalue weighted by molar-refractivity contribution is 5.83. The minimum Gasteiger partial charge on any atom is -0.0760 e. The van der Waals surface area contributed by atoms with Crippen molar-refractivity contribution in [2.45, 2.75) is 12.8 Å². The van der Waals surface area contributed by atoms with Crippen molar-refractivity contribution in [1.29, 1.82) is 0 Å². The van der Waals surface area contributed by atoms with Crippen LogP contribution in [0.15, 0.2) is 60.2 Å². The molecule has 3 aliphatic carbocycles. The fourth-order valence-electron chi connectivity index (χ4n) is 3.36. The molecule has 0 spiro atoms. The molecule has 0 fully saturated rings. The van der Waals surface area contributed by atoms with Gasteiger partial charge in [0, 0.05) is 11.8 Å². The first kappa shape index (κ1) is 9.23. The van der Waals surface area contributed by atoms with Gasteiger partial charge in [0.05, 0.1) is 0 Å². The lowest BCUT2D eigenvalue weighted by atomic mass is 9.79. The number of aryl methyl sites for hydroxylation is 1. The van der Waals surface area contributed by atoms with Gasteiger partial charge in [-0.25, -0.2) is 0 Å². The van der Waals surface area contributed by atoms with Crippen LogP contribution in [0.5, 0.6) is 0 Å². The van der Waals surface area contributed by atoms with E-state index in [4.69, 9.17) is 0 Å². The Morgan fingerprint density at radius 2 is 2.00 bits per heavy atom. The fourth-order valence-corrected chi connectivity index (χ4v) is 3.36. The highest BCUT2D eigenvalue weighted by Crippen LogP contribution is 2.53. The van der Waals surface area contributed by atoms with Crippen molar-refractivity contribution in [1.82, 2.24) is 0 Å². The Hall–Kier alpha value is -1.82. The van der Waals surface area contributed by atoms with Gasteiger partial charge in [-0.2, -0.15) is 0 Å². The Kier molecular flexibility index (Phi) is 1.69. The molecule has 0 heteroatoms. The van der Waals surface area contributed by atoms with Crippen molar-refractivity contribution in [2.75, 3.05) is 0 Å². The highest BCUT2D eigenvalue weighted by atomic mass is 14.4. The molecule has 0 saturated heterocycles. The van der Waals surface area contributed by atoms with Crippen LogP contribution < -0.4 is 0 Å². The van der Waals surface area contributed by atoms with Crippen molar-refractivity contribution in [3.05, 3.63) is 76.9 Å². The summed E-state index contributed by atoms with van der Waals surface area (Å²) < 4.78 is 0. The Balaban J connectivity index is 2.03. The number of allylic oxidation sites excluding steroid dienone is 8. The van der Waals surface area contributed by atoms with Crippen LogP contribution in [0, 0.1) is 12.8 Å². The van der Waals surface area contributed by atoms with Crippen molar-refractivity contribution in [2.24, 2.45) is 5.92 Å². The normalized spacial score (nSPS) is 27.4. The molecular formula is C17H14. The van der Waals surface area contributed by atoms with Crippen LogP contribution in [0.3, 0.4) is 0 Å². The summed E-state index contributed by atoms with van der Waals surface area (Å²) in [5.41, 5.74) is 7.28. The quantitative estimate of drug-likeness (QED) is 0.613. The molecule has 0 aliphatic heterocycles. The molecule has 0 N–H and O–H groups in total. The van der Waals surface area contributed by atoms with E-state index in [1.165, 1.54) is 27.8 Å². The van der Waals surface area contributed by atoms with Crippen molar-refractivity contribution in [3.8, 4) is 0 Å². The van der Waals surface area contributed by atoms with Gasteiger partial charge in [0.1, 0.15) is 0 Å². The van der Waals surface area contributed by atoms with Crippen LogP contribution in [0.1, 0.15) is 22.6 Å². The molecule has 17 heavy (non-hydrogen) atoms. The molecule has 1 aromatic carbocycles. The summed E-state index contributed by atoms with van der Waals surface area (Å²) in [5.74, 6) is 1.13. The second-order valence-electron chi connectivity index (χ2n) is 5.13. The number of fused-ring (bicyclic) bond motifs is 3. The van der Waals surface area contributed by atoms with E-state index in [1.807, 2.05) is 0 Å². The molecule has 4 rings (SSSR count). The first-order valence-corrected chi connectivity index (χ1v) is 6.22. The van der Waals surface area contributed by atoms with Crippen molar-refractivity contribution < 1.29 is 0 Å². The lowest BCUT2D eigenvalue weighted by Crippen LogP contribution is -2.11. The Bertz CT molecular complexity index is 623. The number of hydrogen-bond acceptors (Lipinski definition) is 0. The molecule has 0 saturated carbocycles.